The molecular formula is C15H16FN5O. The lowest BCUT2D eigenvalue weighted by atomic mass is 10.3. The van der Waals surface area contributed by atoms with Gasteiger partial charge in [-0.25, -0.2) is 19.2 Å². The number of rotatable bonds is 3. The number of urea groups is 1. The maximum absolute atomic E-state index is 12.8. The number of anilines is 2. The van der Waals surface area contributed by atoms with Gasteiger partial charge in [-0.2, -0.15) is 0 Å². The van der Waals surface area contributed by atoms with Crippen molar-refractivity contribution in [2.45, 2.75) is 12.5 Å². The lowest BCUT2D eigenvalue weighted by Crippen LogP contribution is -2.40. The van der Waals surface area contributed by atoms with Crippen molar-refractivity contribution < 1.29 is 9.18 Å². The van der Waals surface area contributed by atoms with E-state index in [1.807, 2.05) is 18.2 Å². The minimum absolute atomic E-state index is 0.0439. The largest absolute Gasteiger partial charge is 0.354 e. The van der Waals surface area contributed by atoms with Gasteiger partial charge >= 0.3 is 6.03 Å². The molecule has 3 rings (SSSR count). The summed E-state index contributed by atoms with van der Waals surface area (Å²) in [5.74, 6) is 0.790. The fourth-order valence-electron chi connectivity index (χ4n) is 2.41. The van der Waals surface area contributed by atoms with Gasteiger partial charge in [-0.15, -0.1) is 0 Å². The molecule has 22 heavy (non-hydrogen) atoms. The molecule has 1 atom stereocenters. The Labute approximate surface area is 127 Å². The summed E-state index contributed by atoms with van der Waals surface area (Å²) in [5, 5.41) is 5.48. The molecule has 0 radical (unpaired) electrons. The second-order valence-electron chi connectivity index (χ2n) is 5.08. The van der Waals surface area contributed by atoms with Gasteiger partial charge in [-0.3, -0.25) is 5.32 Å². The molecule has 6 nitrogen and oxygen atoms in total. The Bertz CT molecular complexity index is 634. The van der Waals surface area contributed by atoms with Gasteiger partial charge in [0.1, 0.15) is 17.5 Å². The molecule has 2 N–H and O–H groups in total. The molecule has 2 aromatic heterocycles. The number of nitrogens with one attached hydrogen (secondary N) is 2. The number of hydrogen-bond acceptors (Lipinski definition) is 4. The normalized spacial score (nSPS) is 17.3. The molecule has 0 bridgehead atoms. The second kappa shape index (κ2) is 6.38. The number of carbonyl (C=O) groups excluding carboxylic acids is 1. The quantitative estimate of drug-likeness (QED) is 0.910. The van der Waals surface area contributed by atoms with Gasteiger partial charge in [0, 0.05) is 25.3 Å². The summed E-state index contributed by atoms with van der Waals surface area (Å²) in [5.41, 5.74) is 0. The van der Waals surface area contributed by atoms with Crippen LogP contribution in [-0.2, 0) is 0 Å². The number of aromatic nitrogens is 2. The van der Waals surface area contributed by atoms with Crippen LogP contribution in [0, 0.1) is 5.82 Å². The van der Waals surface area contributed by atoms with Crippen LogP contribution in [0.15, 0.2) is 42.7 Å². The van der Waals surface area contributed by atoms with E-state index in [4.69, 9.17) is 0 Å². The highest BCUT2D eigenvalue weighted by atomic mass is 19.1. The van der Waals surface area contributed by atoms with E-state index in [0.717, 1.165) is 25.0 Å². The van der Waals surface area contributed by atoms with Crippen molar-refractivity contribution in [3.8, 4) is 0 Å². The topological polar surface area (TPSA) is 70.2 Å². The first-order valence-corrected chi connectivity index (χ1v) is 7.06. The van der Waals surface area contributed by atoms with Crippen LogP contribution >= 0.6 is 0 Å². The number of pyridine rings is 2. The zero-order valence-corrected chi connectivity index (χ0v) is 11.9. The third-order valence-electron chi connectivity index (χ3n) is 3.47. The van der Waals surface area contributed by atoms with Crippen LogP contribution in [0.2, 0.25) is 0 Å². The van der Waals surface area contributed by atoms with E-state index in [2.05, 4.69) is 25.5 Å². The van der Waals surface area contributed by atoms with Crippen molar-refractivity contribution in [2.24, 2.45) is 0 Å². The highest BCUT2D eigenvalue weighted by Crippen LogP contribution is 2.17. The van der Waals surface area contributed by atoms with Gasteiger partial charge in [0.05, 0.1) is 6.20 Å². The van der Waals surface area contributed by atoms with Gasteiger partial charge in [-0.05, 0) is 30.7 Å². The summed E-state index contributed by atoms with van der Waals surface area (Å²) < 4.78 is 12.8. The van der Waals surface area contributed by atoms with Crippen LogP contribution in [0.3, 0.4) is 0 Å². The summed E-state index contributed by atoms with van der Waals surface area (Å²) in [4.78, 5) is 22.1. The highest BCUT2D eigenvalue weighted by molar-refractivity contribution is 5.88. The van der Waals surface area contributed by atoms with Crippen LogP contribution in [-0.4, -0.2) is 35.1 Å². The molecule has 1 aliphatic rings. The lowest BCUT2D eigenvalue weighted by molar-refractivity contribution is 0.249. The number of nitrogens with zero attached hydrogens (tertiary/aromatic N) is 3. The molecule has 2 aromatic rings. The Kier molecular flexibility index (Phi) is 4.13. The van der Waals surface area contributed by atoms with Crippen LogP contribution in [0.4, 0.5) is 20.8 Å². The van der Waals surface area contributed by atoms with Gasteiger partial charge < -0.3 is 10.2 Å². The van der Waals surface area contributed by atoms with E-state index in [9.17, 15) is 9.18 Å². The summed E-state index contributed by atoms with van der Waals surface area (Å²) in [6.45, 7) is 1.55. The molecule has 2 amide bonds. The predicted molar refractivity (Wildman–Crippen MR) is 81.2 cm³/mol. The van der Waals surface area contributed by atoms with Crippen molar-refractivity contribution in [3.63, 3.8) is 0 Å². The molecule has 0 aliphatic carbocycles. The van der Waals surface area contributed by atoms with E-state index in [1.165, 1.54) is 12.1 Å². The molecular weight excluding hydrogens is 285 g/mol. The first kappa shape index (κ1) is 14.2. The summed E-state index contributed by atoms with van der Waals surface area (Å²) in [6.07, 6.45) is 3.66. The zero-order valence-electron chi connectivity index (χ0n) is 11.9. The van der Waals surface area contributed by atoms with Crippen LogP contribution < -0.4 is 15.5 Å². The zero-order chi connectivity index (χ0) is 15.4. The van der Waals surface area contributed by atoms with Gasteiger partial charge in [-0.1, -0.05) is 6.07 Å². The molecule has 0 spiro atoms. The lowest BCUT2D eigenvalue weighted by Gasteiger charge is -2.17. The molecule has 7 heteroatoms. The number of hydrogen-bond donors (Lipinski definition) is 2. The molecule has 3 heterocycles. The number of carbonyl (C=O) groups is 1. The SMILES string of the molecule is O=C(Nc1ccc(F)cn1)NC1CCN(c2ccccn2)C1. The van der Waals surface area contributed by atoms with Crippen molar-refractivity contribution in [1.82, 2.24) is 15.3 Å². The first-order valence-electron chi connectivity index (χ1n) is 7.06. The van der Waals surface area contributed by atoms with E-state index < -0.39 is 5.82 Å². The van der Waals surface area contributed by atoms with E-state index in [-0.39, 0.29) is 12.1 Å². The molecule has 1 unspecified atom stereocenters. The molecule has 1 aliphatic heterocycles. The van der Waals surface area contributed by atoms with Crippen molar-refractivity contribution in [2.75, 3.05) is 23.3 Å². The molecule has 1 saturated heterocycles. The van der Waals surface area contributed by atoms with Crippen LogP contribution in [0.1, 0.15) is 6.42 Å². The monoisotopic (exact) mass is 301 g/mol. The smallest absolute Gasteiger partial charge is 0.320 e. The molecule has 0 aromatic carbocycles. The Morgan fingerprint density at radius 2 is 2.18 bits per heavy atom. The maximum atomic E-state index is 12.8. The van der Waals surface area contributed by atoms with E-state index in [1.54, 1.807) is 6.20 Å². The summed E-state index contributed by atoms with van der Waals surface area (Å²) >= 11 is 0. The maximum Gasteiger partial charge on any atom is 0.320 e. The average molecular weight is 301 g/mol. The standard InChI is InChI=1S/C15H16FN5O/c16-11-4-5-13(18-9-11)20-15(22)19-12-6-8-21(10-12)14-3-1-2-7-17-14/h1-5,7,9,12H,6,8,10H2,(H2,18,19,20,22). The van der Waals surface area contributed by atoms with Crippen LogP contribution in [0.5, 0.6) is 0 Å². The van der Waals surface area contributed by atoms with Gasteiger partial charge in [0.2, 0.25) is 0 Å². The number of halogens is 1. The number of amides is 2. The molecule has 114 valence electrons. The average Bonchev–Trinajstić information content (AvgIpc) is 2.99. The first-order chi connectivity index (χ1) is 10.7. The second-order valence-corrected chi connectivity index (χ2v) is 5.08. The Balaban J connectivity index is 1.51. The fraction of sp³-hybridized carbons (Fsp3) is 0.267. The Morgan fingerprint density at radius 1 is 1.27 bits per heavy atom. The van der Waals surface area contributed by atoms with E-state index >= 15 is 0 Å². The van der Waals surface area contributed by atoms with Gasteiger partial charge in [0.15, 0.2) is 0 Å². The minimum Gasteiger partial charge on any atom is -0.354 e. The summed E-state index contributed by atoms with van der Waals surface area (Å²) in [6, 6.07) is 8.14. The van der Waals surface area contributed by atoms with E-state index in [0.29, 0.717) is 12.4 Å². The molecule has 0 saturated carbocycles. The predicted octanol–water partition coefficient (Wildman–Crippen LogP) is 2.02. The van der Waals surface area contributed by atoms with Gasteiger partial charge in [0.25, 0.3) is 0 Å². The van der Waals surface area contributed by atoms with Crippen molar-refractivity contribution in [3.05, 3.63) is 48.5 Å². The third-order valence-corrected chi connectivity index (χ3v) is 3.47. The molecule has 1 fully saturated rings. The minimum atomic E-state index is -0.437. The fourth-order valence-corrected chi connectivity index (χ4v) is 2.41. The van der Waals surface area contributed by atoms with Crippen molar-refractivity contribution >= 4 is 17.7 Å². The Morgan fingerprint density at radius 3 is 2.91 bits per heavy atom. The third kappa shape index (κ3) is 3.49. The summed E-state index contributed by atoms with van der Waals surface area (Å²) in [7, 11) is 0. The van der Waals surface area contributed by atoms with Crippen LogP contribution in [0.25, 0.3) is 0 Å². The Hall–Kier alpha value is -2.70. The van der Waals surface area contributed by atoms with Crippen molar-refractivity contribution in [1.29, 1.82) is 0 Å². The highest BCUT2D eigenvalue weighted by Gasteiger charge is 2.24.